The largest absolute Gasteiger partial charge is 0.481 e. The van der Waals surface area contributed by atoms with Crippen LogP contribution in [0.5, 0.6) is 0 Å². The Labute approximate surface area is 89.9 Å². The molecule has 0 aliphatic heterocycles. The summed E-state index contributed by atoms with van der Waals surface area (Å²) in [6.45, 7) is 3.88. The van der Waals surface area contributed by atoms with Gasteiger partial charge in [0.25, 0.3) is 0 Å². The zero-order valence-electron chi connectivity index (χ0n) is 9.47. The molecule has 0 saturated heterocycles. The lowest BCUT2D eigenvalue weighted by Gasteiger charge is -2.15. The Balaban J connectivity index is 2.55. The molecule has 15 heavy (non-hydrogen) atoms. The molecule has 1 aromatic heterocycles. The third-order valence-corrected chi connectivity index (χ3v) is 2.72. The topological polar surface area (TPSA) is 55.1 Å². The molecule has 0 amide bonds. The van der Waals surface area contributed by atoms with Crippen molar-refractivity contribution < 1.29 is 9.90 Å². The van der Waals surface area contributed by atoms with E-state index in [1.165, 1.54) is 0 Å². The number of aryl methyl sites for hydroxylation is 2. The van der Waals surface area contributed by atoms with Crippen LogP contribution in [0.4, 0.5) is 0 Å². The molecule has 4 heteroatoms. The highest BCUT2D eigenvalue weighted by Gasteiger charge is 2.21. The van der Waals surface area contributed by atoms with Crippen molar-refractivity contribution in [3.8, 4) is 0 Å². The van der Waals surface area contributed by atoms with E-state index in [9.17, 15) is 4.79 Å². The second-order valence-corrected chi connectivity index (χ2v) is 4.18. The fourth-order valence-corrected chi connectivity index (χ4v) is 1.66. The SMILES string of the molecule is CC(C)C(CCc1nccn1C)C(=O)O. The number of aliphatic carboxylic acids is 1. The molecule has 1 atom stereocenters. The number of rotatable bonds is 5. The van der Waals surface area contributed by atoms with E-state index in [-0.39, 0.29) is 11.8 Å². The standard InChI is InChI=1S/C11H18N2O2/c1-8(2)9(11(14)15)4-5-10-12-6-7-13(10)3/h6-9H,4-5H2,1-3H3,(H,14,15). The molecule has 1 heterocycles. The molecule has 0 saturated carbocycles. The molecule has 0 aromatic carbocycles. The van der Waals surface area contributed by atoms with Crippen LogP contribution >= 0.6 is 0 Å². The summed E-state index contributed by atoms with van der Waals surface area (Å²) in [4.78, 5) is 15.1. The van der Waals surface area contributed by atoms with Crippen molar-refractivity contribution in [2.45, 2.75) is 26.7 Å². The summed E-state index contributed by atoms with van der Waals surface area (Å²) in [5.74, 6) is 0.130. The molecule has 1 N–H and O–H groups in total. The van der Waals surface area contributed by atoms with Crippen LogP contribution in [0.15, 0.2) is 12.4 Å². The number of carboxylic acids is 1. The molecule has 1 unspecified atom stereocenters. The predicted molar refractivity (Wildman–Crippen MR) is 57.5 cm³/mol. The average Bonchev–Trinajstić information content (AvgIpc) is 2.51. The van der Waals surface area contributed by atoms with E-state index in [0.717, 1.165) is 12.2 Å². The van der Waals surface area contributed by atoms with E-state index < -0.39 is 5.97 Å². The van der Waals surface area contributed by atoms with Crippen LogP contribution in [-0.4, -0.2) is 20.6 Å². The lowest BCUT2D eigenvalue weighted by molar-refractivity contribution is -0.143. The van der Waals surface area contributed by atoms with Crippen LogP contribution < -0.4 is 0 Å². The van der Waals surface area contributed by atoms with Gasteiger partial charge in [-0.3, -0.25) is 4.79 Å². The summed E-state index contributed by atoms with van der Waals surface area (Å²) in [6, 6.07) is 0. The van der Waals surface area contributed by atoms with E-state index in [2.05, 4.69) is 4.98 Å². The van der Waals surface area contributed by atoms with Crippen LogP contribution in [0.2, 0.25) is 0 Å². The van der Waals surface area contributed by atoms with Gasteiger partial charge in [-0.1, -0.05) is 13.8 Å². The number of carbonyl (C=O) groups is 1. The molecule has 0 fully saturated rings. The number of carboxylic acid groups (broad SMARTS) is 1. The number of hydrogen-bond donors (Lipinski definition) is 1. The third kappa shape index (κ3) is 3.08. The first-order valence-electron chi connectivity index (χ1n) is 5.21. The summed E-state index contributed by atoms with van der Waals surface area (Å²) in [5.41, 5.74) is 0. The van der Waals surface area contributed by atoms with Gasteiger partial charge in [-0.15, -0.1) is 0 Å². The summed E-state index contributed by atoms with van der Waals surface area (Å²) in [7, 11) is 1.92. The van der Waals surface area contributed by atoms with Crippen molar-refractivity contribution in [3.63, 3.8) is 0 Å². The Morgan fingerprint density at radius 3 is 2.67 bits per heavy atom. The first kappa shape index (κ1) is 11.8. The molecule has 0 aliphatic rings. The van der Waals surface area contributed by atoms with Gasteiger partial charge in [-0.25, -0.2) is 4.98 Å². The summed E-state index contributed by atoms with van der Waals surface area (Å²) >= 11 is 0. The maximum Gasteiger partial charge on any atom is 0.306 e. The van der Waals surface area contributed by atoms with Gasteiger partial charge >= 0.3 is 5.97 Å². The highest BCUT2D eigenvalue weighted by Crippen LogP contribution is 2.17. The van der Waals surface area contributed by atoms with Crippen molar-refractivity contribution >= 4 is 5.97 Å². The first-order valence-corrected chi connectivity index (χ1v) is 5.21. The number of hydrogen-bond acceptors (Lipinski definition) is 2. The second-order valence-electron chi connectivity index (χ2n) is 4.18. The minimum atomic E-state index is -0.709. The highest BCUT2D eigenvalue weighted by atomic mass is 16.4. The van der Waals surface area contributed by atoms with E-state index in [1.54, 1.807) is 6.20 Å². The summed E-state index contributed by atoms with van der Waals surface area (Å²) in [6.07, 6.45) is 4.98. The van der Waals surface area contributed by atoms with Gasteiger partial charge < -0.3 is 9.67 Å². The van der Waals surface area contributed by atoms with Crippen LogP contribution in [0.1, 0.15) is 26.1 Å². The molecular formula is C11H18N2O2. The van der Waals surface area contributed by atoms with Crippen molar-refractivity contribution in [1.29, 1.82) is 0 Å². The smallest absolute Gasteiger partial charge is 0.306 e. The Morgan fingerprint density at radius 2 is 2.27 bits per heavy atom. The zero-order chi connectivity index (χ0) is 11.4. The van der Waals surface area contributed by atoms with Crippen molar-refractivity contribution in [2.75, 3.05) is 0 Å². The summed E-state index contributed by atoms with van der Waals surface area (Å²) in [5, 5.41) is 9.01. The monoisotopic (exact) mass is 210 g/mol. The van der Waals surface area contributed by atoms with Gasteiger partial charge in [0.1, 0.15) is 5.82 Å². The quantitative estimate of drug-likeness (QED) is 0.805. The maximum absolute atomic E-state index is 11.0. The molecule has 0 radical (unpaired) electrons. The molecule has 0 spiro atoms. The third-order valence-electron chi connectivity index (χ3n) is 2.72. The van der Waals surface area contributed by atoms with Gasteiger partial charge in [0.15, 0.2) is 0 Å². The van der Waals surface area contributed by atoms with Crippen LogP contribution in [0.25, 0.3) is 0 Å². The summed E-state index contributed by atoms with van der Waals surface area (Å²) < 4.78 is 1.93. The van der Waals surface area contributed by atoms with Crippen LogP contribution in [0.3, 0.4) is 0 Å². The van der Waals surface area contributed by atoms with Crippen LogP contribution in [-0.2, 0) is 18.3 Å². The average molecular weight is 210 g/mol. The first-order chi connectivity index (χ1) is 7.02. The van der Waals surface area contributed by atoms with Crippen molar-refractivity contribution in [3.05, 3.63) is 18.2 Å². The van der Waals surface area contributed by atoms with Gasteiger partial charge in [0.05, 0.1) is 5.92 Å². The number of imidazole rings is 1. The molecule has 1 aromatic rings. The Bertz CT molecular complexity index is 331. The number of aromatic nitrogens is 2. The lowest BCUT2D eigenvalue weighted by Crippen LogP contribution is -2.20. The highest BCUT2D eigenvalue weighted by molar-refractivity contribution is 5.70. The van der Waals surface area contributed by atoms with Crippen LogP contribution in [0, 0.1) is 11.8 Å². The lowest BCUT2D eigenvalue weighted by atomic mass is 9.91. The maximum atomic E-state index is 11.0. The molecule has 84 valence electrons. The molecular weight excluding hydrogens is 192 g/mol. The van der Waals surface area contributed by atoms with Crippen molar-refractivity contribution in [1.82, 2.24) is 9.55 Å². The van der Waals surface area contributed by atoms with Crippen molar-refractivity contribution in [2.24, 2.45) is 18.9 Å². The van der Waals surface area contributed by atoms with Gasteiger partial charge in [0.2, 0.25) is 0 Å². The molecule has 0 bridgehead atoms. The van der Waals surface area contributed by atoms with Gasteiger partial charge in [-0.2, -0.15) is 0 Å². The number of nitrogens with zero attached hydrogens (tertiary/aromatic N) is 2. The Hall–Kier alpha value is -1.32. The normalized spacial score (nSPS) is 13.1. The van der Waals surface area contributed by atoms with E-state index in [1.807, 2.05) is 31.7 Å². The van der Waals surface area contributed by atoms with E-state index in [0.29, 0.717) is 6.42 Å². The van der Waals surface area contributed by atoms with Gasteiger partial charge in [0, 0.05) is 25.9 Å². The fourth-order valence-electron chi connectivity index (χ4n) is 1.66. The predicted octanol–water partition coefficient (Wildman–Crippen LogP) is 1.71. The molecule has 0 aliphatic carbocycles. The second kappa shape index (κ2) is 4.96. The molecule has 4 nitrogen and oxygen atoms in total. The van der Waals surface area contributed by atoms with E-state index in [4.69, 9.17) is 5.11 Å². The minimum absolute atomic E-state index is 0.169. The zero-order valence-corrected chi connectivity index (χ0v) is 9.47. The fraction of sp³-hybridized carbons (Fsp3) is 0.636. The molecule has 1 rings (SSSR count). The minimum Gasteiger partial charge on any atom is -0.481 e. The Morgan fingerprint density at radius 1 is 1.60 bits per heavy atom. The van der Waals surface area contributed by atoms with Gasteiger partial charge in [-0.05, 0) is 12.3 Å². The Kier molecular flexibility index (Phi) is 3.88. The van der Waals surface area contributed by atoms with E-state index >= 15 is 0 Å².